The van der Waals surface area contributed by atoms with Gasteiger partial charge in [-0.3, -0.25) is 14.5 Å². The molecule has 1 unspecified atom stereocenters. The van der Waals surface area contributed by atoms with Gasteiger partial charge in [-0.15, -0.1) is 5.10 Å². The number of ether oxygens (including phenoxy) is 2. The zero-order chi connectivity index (χ0) is 36.4. The van der Waals surface area contributed by atoms with E-state index in [9.17, 15) is 13.2 Å². The quantitative estimate of drug-likeness (QED) is 0.180. The average molecular weight is 702 g/mol. The van der Waals surface area contributed by atoms with E-state index >= 15 is 0 Å². The zero-order valence-corrected chi connectivity index (χ0v) is 31.1. The van der Waals surface area contributed by atoms with Crippen LogP contribution in [-0.2, 0) is 26.8 Å². The van der Waals surface area contributed by atoms with E-state index in [0.717, 1.165) is 34.5 Å². The number of carbonyl (C=O) groups excluding carboxylic acids is 1. The van der Waals surface area contributed by atoms with Crippen LogP contribution in [-0.4, -0.2) is 73.6 Å². The molecule has 3 aromatic carbocycles. The van der Waals surface area contributed by atoms with Crippen molar-refractivity contribution >= 4 is 33.1 Å². The predicted octanol–water partition coefficient (Wildman–Crippen LogP) is 6.13. The summed E-state index contributed by atoms with van der Waals surface area (Å²) in [6, 6.07) is 18.9. The minimum atomic E-state index is -3.62. The lowest BCUT2D eigenvalue weighted by atomic mass is 9.86. The lowest BCUT2D eigenvalue weighted by molar-refractivity contribution is 0.0746. The van der Waals surface area contributed by atoms with Crippen LogP contribution in [0.15, 0.2) is 71.9 Å². The molecule has 0 radical (unpaired) electrons. The molecule has 1 aliphatic rings. The highest BCUT2D eigenvalue weighted by Gasteiger charge is 2.37. The van der Waals surface area contributed by atoms with E-state index < -0.39 is 15.9 Å². The first kappa shape index (κ1) is 36.5. The van der Waals surface area contributed by atoms with Crippen molar-refractivity contribution in [1.82, 2.24) is 19.9 Å². The standard InChI is InChI=1S/C37H47N7O5S/c1-24-15-16-26(34(45)39-28-18-27(36(2,3)4)19-29(33(28)48-8)41-50(9,46)47)17-31(24)44-21-30(40-42-44)32-20-38-35(43(32)7)37(5,6)23-49-22-25-13-11-10-12-14-25/h10-19,21,32,41H,20,22-23H2,1-9H3,(H,39,45). The number of nitrogens with zero attached hydrogens (tertiary/aromatic N) is 5. The van der Waals surface area contributed by atoms with E-state index in [1.54, 1.807) is 28.9 Å². The number of aromatic nitrogens is 3. The first-order valence-electron chi connectivity index (χ1n) is 16.4. The summed E-state index contributed by atoms with van der Waals surface area (Å²) in [5.41, 5.74) is 4.60. The largest absolute Gasteiger partial charge is 0.492 e. The summed E-state index contributed by atoms with van der Waals surface area (Å²) in [4.78, 5) is 20.7. The molecule has 1 atom stereocenters. The number of rotatable bonds is 12. The predicted molar refractivity (Wildman–Crippen MR) is 197 cm³/mol. The van der Waals surface area contributed by atoms with Crippen LogP contribution in [0.4, 0.5) is 11.4 Å². The van der Waals surface area contributed by atoms with E-state index in [0.29, 0.717) is 36.7 Å². The van der Waals surface area contributed by atoms with Gasteiger partial charge >= 0.3 is 0 Å². The minimum absolute atomic E-state index is 0.101. The Balaban J connectivity index is 1.33. The third kappa shape index (κ3) is 8.33. The molecule has 0 spiro atoms. The summed E-state index contributed by atoms with van der Waals surface area (Å²) in [5, 5.41) is 11.9. The number of hydrogen-bond acceptors (Lipinski definition) is 9. The molecular formula is C37H47N7O5S. The van der Waals surface area contributed by atoms with Gasteiger partial charge in [0.15, 0.2) is 5.75 Å². The number of nitrogens with one attached hydrogen (secondary N) is 2. The lowest BCUT2D eigenvalue weighted by Gasteiger charge is -2.32. The summed E-state index contributed by atoms with van der Waals surface area (Å²) in [7, 11) is -0.170. The molecule has 2 N–H and O–H groups in total. The van der Waals surface area contributed by atoms with Crippen LogP contribution in [0, 0.1) is 12.3 Å². The summed E-state index contributed by atoms with van der Waals surface area (Å²) >= 11 is 0. The molecule has 0 fully saturated rings. The van der Waals surface area contributed by atoms with Crippen molar-refractivity contribution in [3.8, 4) is 11.4 Å². The van der Waals surface area contributed by atoms with Crippen molar-refractivity contribution in [1.29, 1.82) is 0 Å². The average Bonchev–Trinajstić information content (AvgIpc) is 3.67. The molecule has 1 amide bonds. The Morgan fingerprint density at radius 1 is 1.02 bits per heavy atom. The van der Waals surface area contributed by atoms with Gasteiger partial charge in [-0.1, -0.05) is 76.2 Å². The highest BCUT2D eigenvalue weighted by atomic mass is 32.2. The molecule has 0 aliphatic carbocycles. The number of aliphatic imine (C=N–C) groups is 1. The van der Waals surface area contributed by atoms with Crippen LogP contribution in [0.25, 0.3) is 5.69 Å². The van der Waals surface area contributed by atoms with Crippen LogP contribution in [0.5, 0.6) is 5.75 Å². The van der Waals surface area contributed by atoms with Crippen LogP contribution in [0.3, 0.4) is 0 Å². The van der Waals surface area contributed by atoms with E-state index in [2.05, 4.69) is 51.2 Å². The molecule has 1 aliphatic heterocycles. The van der Waals surface area contributed by atoms with Crippen molar-refractivity contribution < 1.29 is 22.7 Å². The van der Waals surface area contributed by atoms with Crippen molar-refractivity contribution in [3.05, 3.63) is 94.8 Å². The molecule has 1 aromatic heterocycles. The molecule has 266 valence electrons. The molecule has 13 heteroatoms. The third-order valence-corrected chi connectivity index (χ3v) is 9.26. The van der Waals surface area contributed by atoms with E-state index in [1.807, 2.05) is 65.2 Å². The normalized spacial score (nSPS) is 15.2. The van der Waals surface area contributed by atoms with Crippen LogP contribution < -0.4 is 14.8 Å². The van der Waals surface area contributed by atoms with Crippen LogP contribution >= 0.6 is 0 Å². The second kappa shape index (κ2) is 14.2. The first-order valence-corrected chi connectivity index (χ1v) is 18.3. The van der Waals surface area contributed by atoms with Crippen molar-refractivity contribution in [2.45, 2.75) is 59.6 Å². The Hall–Kier alpha value is -4.75. The summed E-state index contributed by atoms with van der Waals surface area (Å²) < 4.78 is 40.2. The fourth-order valence-electron chi connectivity index (χ4n) is 5.99. The number of benzene rings is 3. The highest BCUT2D eigenvalue weighted by molar-refractivity contribution is 7.92. The number of methoxy groups -OCH3 is 1. The van der Waals surface area contributed by atoms with Gasteiger partial charge < -0.3 is 19.7 Å². The first-order chi connectivity index (χ1) is 23.5. The lowest BCUT2D eigenvalue weighted by Crippen LogP contribution is -2.40. The fraction of sp³-hybridized carbons (Fsp3) is 0.405. The molecule has 50 heavy (non-hydrogen) atoms. The monoisotopic (exact) mass is 701 g/mol. The van der Waals surface area contributed by atoms with Gasteiger partial charge in [0.1, 0.15) is 11.5 Å². The molecule has 4 aromatic rings. The third-order valence-electron chi connectivity index (χ3n) is 8.67. The van der Waals surface area contributed by atoms with Gasteiger partial charge in [0.25, 0.3) is 5.91 Å². The molecular weight excluding hydrogens is 655 g/mol. The summed E-state index contributed by atoms with van der Waals surface area (Å²) in [5.74, 6) is 0.755. The summed E-state index contributed by atoms with van der Waals surface area (Å²) in [6.45, 7) is 13.8. The van der Waals surface area contributed by atoms with Crippen LogP contribution in [0.1, 0.15) is 73.4 Å². The second-order valence-corrected chi connectivity index (χ2v) is 16.2. The van der Waals surface area contributed by atoms with Gasteiger partial charge in [0.05, 0.1) is 62.4 Å². The van der Waals surface area contributed by atoms with E-state index in [1.165, 1.54) is 7.11 Å². The Morgan fingerprint density at radius 3 is 2.38 bits per heavy atom. The maximum atomic E-state index is 13.7. The molecule has 5 rings (SSSR count). The topological polar surface area (TPSA) is 140 Å². The van der Waals surface area contributed by atoms with Gasteiger partial charge in [-0.05, 0) is 53.3 Å². The Morgan fingerprint density at radius 2 is 1.72 bits per heavy atom. The zero-order valence-electron chi connectivity index (χ0n) is 30.2. The Kier molecular flexibility index (Phi) is 10.4. The number of aryl methyl sites for hydroxylation is 1. The smallest absolute Gasteiger partial charge is 0.255 e. The van der Waals surface area contributed by atoms with Gasteiger partial charge in [-0.25, -0.2) is 13.1 Å². The van der Waals surface area contributed by atoms with E-state index in [4.69, 9.17) is 14.5 Å². The molecule has 0 bridgehead atoms. The number of anilines is 2. The molecule has 2 heterocycles. The Labute approximate surface area is 295 Å². The SMILES string of the molecule is COc1c(NC(=O)c2ccc(C)c(-n3cc(C4CN=C(C(C)(C)COCc5ccccc5)N4C)nn3)c2)cc(C(C)(C)C)cc1NS(C)(=O)=O. The highest BCUT2D eigenvalue weighted by Crippen LogP contribution is 2.39. The van der Waals surface area contributed by atoms with Gasteiger partial charge in [0, 0.05) is 18.0 Å². The van der Waals surface area contributed by atoms with Crippen molar-refractivity contribution in [2.75, 3.05) is 43.6 Å². The minimum Gasteiger partial charge on any atom is -0.492 e. The van der Waals surface area contributed by atoms with Gasteiger partial charge in [-0.2, -0.15) is 0 Å². The number of hydrogen-bond donors (Lipinski definition) is 2. The number of carbonyl (C=O) groups is 1. The molecule has 0 saturated carbocycles. The number of likely N-dealkylation sites (N-methyl/N-ethyl adjacent to an activating group) is 1. The molecule has 12 nitrogen and oxygen atoms in total. The van der Waals surface area contributed by atoms with Crippen molar-refractivity contribution in [2.24, 2.45) is 10.4 Å². The number of sulfonamides is 1. The fourth-order valence-corrected chi connectivity index (χ4v) is 6.54. The number of amides is 1. The molecule has 0 saturated heterocycles. The van der Waals surface area contributed by atoms with E-state index in [-0.39, 0.29) is 28.3 Å². The number of amidine groups is 1. The summed E-state index contributed by atoms with van der Waals surface area (Å²) in [6.07, 6.45) is 2.94. The Bertz CT molecular complexity index is 2000. The second-order valence-electron chi connectivity index (χ2n) is 14.4. The van der Waals surface area contributed by atoms with Gasteiger partial charge in [0.2, 0.25) is 10.0 Å². The maximum absolute atomic E-state index is 13.7. The van der Waals surface area contributed by atoms with Crippen LogP contribution in [0.2, 0.25) is 0 Å². The maximum Gasteiger partial charge on any atom is 0.255 e. The van der Waals surface area contributed by atoms with Crippen molar-refractivity contribution in [3.63, 3.8) is 0 Å².